The van der Waals surface area contributed by atoms with E-state index in [0.717, 1.165) is 44.2 Å². The minimum Gasteiger partial charge on any atom is -0.508 e. The summed E-state index contributed by atoms with van der Waals surface area (Å²) in [5, 5.41) is 41.6. The summed E-state index contributed by atoms with van der Waals surface area (Å²) in [6.45, 7) is 0. The Balaban J connectivity index is 1.44. The van der Waals surface area contributed by atoms with E-state index in [0.29, 0.717) is 0 Å². The molecule has 0 saturated carbocycles. The predicted molar refractivity (Wildman–Crippen MR) is 158 cm³/mol. The molecule has 0 unspecified atom stereocenters. The second kappa shape index (κ2) is 10.5. The van der Waals surface area contributed by atoms with E-state index in [1.807, 2.05) is 48.5 Å². The summed E-state index contributed by atoms with van der Waals surface area (Å²) in [5.41, 5.74) is 6.37. The monoisotopic (exact) mass is 524 g/mol. The van der Waals surface area contributed by atoms with Crippen LogP contribution in [-0.2, 0) is 0 Å². The van der Waals surface area contributed by atoms with Crippen LogP contribution in [0, 0.1) is 0 Å². The number of benzene rings is 6. The van der Waals surface area contributed by atoms with Crippen LogP contribution < -0.4 is 0 Å². The van der Waals surface area contributed by atoms with Crippen LogP contribution in [0.2, 0.25) is 0 Å². The van der Waals surface area contributed by atoms with Crippen molar-refractivity contribution in [2.24, 2.45) is 0 Å². The van der Waals surface area contributed by atoms with Crippen molar-refractivity contribution in [3.63, 3.8) is 0 Å². The van der Waals surface area contributed by atoms with Gasteiger partial charge < -0.3 is 20.4 Å². The number of phenols is 4. The Morgan fingerprint density at radius 2 is 0.500 bits per heavy atom. The Bertz CT molecular complexity index is 1530. The van der Waals surface area contributed by atoms with Crippen molar-refractivity contribution in [2.45, 2.75) is 11.8 Å². The van der Waals surface area contributed by atoms with Crippen molar-refractivity contribution >= 4 is 10.8 Å². The van der Waals surface area contributed by atoms with E-state index in [1.165, 1.54) is 0 Å². The van der Waals surface area contributed by atoms with Gasteiger partial charge in [0, 0.05) is 11.8 Å². The molecular formula is C36H28O4. The molecule has 40 heavy (non-hydrogen) atoms. The van der Waals surface area contributed by atoms with Crippen LogP contribution in [0.15, 0.2) is 133 Å². The molecule has 0 fully saturated rings. The van der Waals surface area contributed by atoms with E-state index >= 15 is 0 Å². The normalized spacial score (nSPS) is 11.3. The first kappa shape index (κ1) is 25.1. The van der Waals surface area contributed by atoms with Gasteiger partial charge in [-0.05, 0) is 92.7 Å². The van der Waals surface area contributed by atoms with Crippen molar-refractivity contribution in [3.05, 3.63) is 167 Å². The first-order valence-electron chi connectivity index (χ1n) is 13.1. The van der Waals surface area contributed by atoms with Crippen molar-refractivity contribution in [2.75, 3.05) is 0 Å². The van der Waals surface area contributed by atoms with Crippen LogP contribution >= 0.6 is 0 Å². The molecule has 0 saturated heterocycles. The molecule has 4 nitrogen and oxygen atoms in total. The van der Waals surface area contributed by atoms with Gasteiger partial charge in [0.1, 0.15) is 23.0 Å². The molecular weight excluding hydrogens is 496 g/mol. The summed E-state index contributed by atoms with van der Waals surface area (Å²) in [4.78, 5) is 0. The quantitative estimate of drug-likeness (QED) is 0.166. The summed E-state index contributed by atoms with van der Waals surface area (Å²) >= 11 is 0. The lowest BCUT2D eigenvalue weighted by molar-refractivity contribution is 0.474. The molecule has 0 aliphatic carbocycles. The van der Waals surface area contributed by atoms with E-state index in [-0.39, 0.29) is 34.8 Å². The lowest BCUT2D eigenvalue weighted by atomic mass is 9.82. The Morgan fingerprint density at radius 3 is 0.750 bits per heavy atom. The highest BCUT2D eigenvalue weighted by Crippen LogP contribution is 2.38. The van der Waals surface area contributed by atoms with Gasteiger partial charge in [-0.3, -0.25) is 0 Å². The van der Waals surface area contributed by atoms with Gasteiger partial charge in [0.2, 0.25) is 0 Å². The van der Waals surface area contributed by atoms with Crippen molar-refractivity contribution < 1.29 is 20.4 Å². The third-order valence-corrected chi connectivity index (χ3v) is 7.46. The highest BCUT2D eigenvalue weighted by atomic mass is 16.3. The van der Waals surface area contributed by atoms with E-state index in [4.69, 9.17) is 0 Å². The minimum atomic E-state index is -0.0768. The molecule has 6 aromatic rings. The van der Waals surface area contributed by atoms with E-state index in [9.17, 15) is 20.4 Å². The molecule has 0 bridgehead atoms. The molecule has 0 aliphatic rings. The molecule has 6 aromatic carbocycles. The SMILES string of the molecule is Oc1ccc(C(c2ccc(O)cc2)c2ccc3cc(C(c4ccc(O)cc4)c4ccc(O)cc4)ccc3c2)cc1. The van der Waals surface area contributed by atoms with Crippen molar-refractivity contribution in [3.8, 4) is 23.0 Å². The number of hydrogen-bond donors (Lipinski definition) is 4. The smallest absolute Gasteiger partial charge is 0.115 e. The Labute approximate surface area is 232 Å². The Hall–Kier alpha value is -5.22. The number of phenolic OH excluding ortho intramolecular Hbond substituents is 4. The fourth-order valence-electron chi connectivity index (χ4n) is 5.46. The van der Waals surface area contributed by atoms with Crippen LogP contribution in [0.25, 0.3) is 10.8 Å². The lowest BCUT2D eigenvalue weighted by Crippen LogP contribution is -2.04. The molecule has 0 amide bonds. The number of rotatable bonds is 6. The largest absolute Gasteiger partial charge is 0.508 e. The molecule has 196 valence electrons. The average molecular weight is 525 g/mol. The highest BCUT2D eigenvalue weighted by molar-refractivity contribution is 5.84. The van der Waals surface area contributed by atoms with Crippen molar-refractivity contribution in [1.82, 2.24) is 0 Å². The zero-order valence-corrected chi connectivity index (χ0v) is 21.6. The molecule has 0 aliphatic heterocycles. The summed E-state index contributed by atoms with van der Waals surface area (Å²) in [7, 11) is 0. The summed E-state index contributed by atoms with van der Waals surface area (Å²) in [5.74, 6) is 0.721. The second-order valence-corrected chi connectivity index (χ2v) is 10.1. The third kappa shape index (κ3) is 5.07. The van der Waals surface area contributed by atoms with E-state index in [2.05, 4.69) is 36.4 Å². The third-order valence-electron chi connectivity index (χ3n) is 7.46. The van der Waals surface area contributed by atoms with Gasteiger partial charge in [0.25, 0.3) is 0 Å². The molecule has 0 radical (unpaired) electrons. The van der Waals surface area contributed by atoms with Gasteiger partial charge >= 0.3 is 0 Å². The van der Waals surface area contributed by atoms with Gasteiger partial charge in [-0.15, -0.1) is 0 Å². The Kier molecular flexibility index (Phi) is 6.59. The second-order valence-electron chi connectivity index (χ2n) is 10.1. The summed E-state index contributed by atoms with van der Waals surface area (Å²) < 4.78 is 0. The molecule has 0 aromatic heterocycles. The van der Waals surface area contributed by atoms with Crippen LogP contribution in [0.3, 0.4) is 0 Å². The maximum absolute atomic E-state index is 9.86. The zero-order valence-electron chi connectivity index (χ0n) is 21.6. The molecule has 0 heterocycles. The van der Waals surface area contributed by atoms with E-state index in [1.54, 1.807) is 48.5 Å². The Morgan fingerprint density at radius 1 is 0.275 bits per heavy atom. The molecule has 6 rings (SSSR count). The summed E-state index contributed by atoms with van der Waals surface area (Å²) in [6, 6.07) is 41.9. The van der Waals surface area contributed by atoms with E-state index < -0.39 is 0 Å². The molecule has 0 spiro atoms. The van der Waals surface area contributed by atoms with Gasteiger partial charge in [-0.2, -0.15) is 0 Å². The topological polar surface area (TPSA) is 80.9 Å². The summed E-state index contributed by atoms with van der Waals surface area (Å²) in [6.07, 6.45) is 0. The van der Waals surface area contributed by atoms with Crippen LogP contribution in [0.5, 0.6) is 23.0 Å². The number of fused-ring (bicyclic) bond motifs is 1. The van der Waals surface area contributed by atoms with Gasteiger partial charge in [-0.25, -0.2) is 0 Å². The highest BCUT2D eigenvalue weighted by Gasteiger charge is 2.20. The lowest BCUT2D eigenvalue weighted by Gasteiger charge is -2.21. The van der Waals surface area contributed by atoms with Crippen LogP contribution in [0.1, 0.15) is 45.2 Å². The average Bonchev–Trinajstić information content (AvgIpc) is 2.97. The molecule has 4 N–H and O–H groups in total. The van der Waals surface area contributed by atoms with Gasteiger partial charge in [0.15, 0.2) is 0 Å². The van der Waals surface area contributed by atoms with Gasteiger partial charge in [-0.1, -0.05) is 84.9 Å². The molecule has 0 atom stereocenters. The van der Waals surface area contributed by atoms with Gasteiger partial charge in [0.05, 0.1) is 0 Å². The fourth-order valence-corrected chi connectivity index (χ4v) is 5.46. The van der Waals surface area contributed by atoms with Crippen LogP contribution in [0.4, 0.5) is 0 Å². The number of hydrogen-bond acceptors (Lipinski definition) is 4. The zero-order chi connectivity index (χ0) is 27.6. The van der Waals surface area contributed by atoms with Crippen LogP contribution in [-0.4, -0.2) is 20.4 Å². The first-order chi connectivity index (χ1) is 19.4. The standard InChI is InChI=1S/C36H28O4/c37-31-13-5-23(6-14-31)35(24-7-15-32(38)16-8-24)29-3-1-27-21-30(4-2-28(27)22-29)36(25-9-17-33(39)18-10-25)26-11-19-34(40)20-12-26/h1-22,35-40H. The predicted octanol–water partition coefficient (Wildman–Crippen LogP) is 8.02. The number of aromatic hydroxyl groups is 4. The van der Waals surface area contributed by atoms with Crippen molar-refractivity contribution in [1.29, 1.82) is 0 Å². The molecule has 4 heteroatoms. The maximum atomic E-state index is 9.86. The maximum Gasteiger partial charge on any atom is 0.115 e. The minimum absolute atomic E-state index is 0.0768. The fraction of sp³-hybridized carbons (Fsp3) is 0.0556. The first-order valence-corrected chi connectivity index (χ1v) is 13.1.